The van der Waals surface area contributed by atoms with Crippen molar-refractivity contribution in [1.29, 1.82) is 0 Å². The first-order valence-corrected chi connectivity index (χ1v) is 4.84. The molecule has 0 aromatic carbocycles. The van der Waals surface area contributed by atoms with Crippen LogP contribution in [0.3, 0.4) is 0 Å². The lowest BCUT2D eigenvalue weighted by molar-refractivity contribution is 0.338. The molecule has 0 saturated carbocycles. The van der Waals surface area contributed by atoms with Gasteiger partial charge in [0.15, 0.2) is 0 Å². The third-order valence-corrected chi connectivity index (χ3v) is 2.58. The first-order valence-electron chi connectivity index (χ1n) is 3.72. The van der Waals surface area contributed by atoms with Crippen molar-refractivity contribution in [2.75, 3.05) is 18.5 Å². The van der Waals surface area contributed by atoms with Crippen molar-refractivity contribution in [3.8, 4) is 0 Å². The van der Waals surface area contributed by atoms with E-state index in [1.807, 2.05) is 0 Å². The molecule has 2 heteroatoms. The van der Waals surface area contributed by atoms with Crippen LogP contribution >= 0.6 is 15.9 Å². The maximum Gasteiger partial charge on any atom is 0.0542 e. The number of halogens is 1. The molecular weight excluding hydrogens is 178 g/mol. The number of nitrogens with zero attached hydrogens (tertiary/aromatic N) is 1. The molecule has 1 heterocycles. The Morgan fingerprint density at radius 3 is 2.00 bits per heavy atom. The van der Waals surface area contributed by atoms with E-state index in [1.54, 1.807) is 0 Å². The summed E-state index contributed by atoms with van der Waals surface area (Å²) < 4.78 is 0. The minimum atomic E-state index is 1.06. The van der Waals surface area contributed by atoms with Crippen molar-refractivity contribution in [1.82, 2.24) is 4.90 Å². The SMILES string of the molecule is BrCN1CCCCCC1. The Bertz CT molecular complexity index is 67.3. The van der Waals surface area contributed by atoms with Gasteiger partial charge in [-0.15, -0.1) is 0 Å². The van der Waals surface area contributed by atoms with Crippen LogP contribution in [-0.2, 0) is 0 Å². The standard InChI is InChI=1S/C7H14BrN/c8-7-9-5-3-1-2-4-6-9/h1-7H2. The van der Waals surface area contributed by atoms with Crippen molar-refractivity contribution in [3.63, 3.8) is 0 Å². The van der Waals surface area contributed by atoms with E-state index < -0.39 is 0 Å². The fraction of sp³-hybridized carbons (Fsp3) is 1.00. The van der Waals surface area contributed by atoms with Crippen LogP contribution in [0, 0.1) is 0 Å². The van der Waals surface area contributed by atoms with Gasteiger partial charge < -0.3 is 0 Å². The average Bonchev–Trinajstić information content (AvgIpc) is 2.13. The van der Waals surface area contributed by atoms with E-state index in [2.05, 4.69) is 20.8 Å². The van der Waals surface area contributed by atoms with E-state index in [9.17, 15) is 0 Å². The third kappa shape index (κ3) is 2.67. The molecule has 0 atom stereocenters. The lowest BCUT2D eigenvalue weighted by atomic mass is 10.2. The molecule has 0 unspecified atom stereocenters. The Kier molecular flexibility index (Phi) is 3.59. The highest BCUT2D eigenvalue weighted by atomic mass is 79.9. The van der Waals surface area contributed by atoms with Crippen LogP contribution in [0.15, 0.2) is 0 Å². The molecule has 0 amide bonds. The summed E-state index contributed by atoms with van der Waals surface area (Å²) in [6.45, 7) is 2.59. The van der Waals surface area contributed by atoms with Gasteiger partial charge in [-0.3, -0.25) is 4.90 Å². The van der Waals surface area contributed by atoms with E-state index in [4.69, 9.17) is 0 Å². The van der Waals surface area contributed by atoms with Gasteiger partial charge in [0.1, 0.15) is 0 Å². The highest BCUT2D eigenvalue weighted by molar-refractivity contribution is 9.09. The summed E-state index contributed by atoms with van der Waals surface area (Å²) in [7, 11) is 0. The second-order valence-corrected chi connectivity index (χ2v) is 3.15. The van der Waals surface area contributed by atoms with Crippen LogP contribution < -0.4 is 0 Å². The fourth-order valence-electron chi connectivity index (χ4n) is 1.26. The van der Waals surface area contributed by atoms with Gasteiger partial charge >= 0.3 is 0 Å². The van der Waals surface area contributed by atoms with E-state index in [0.29, 0.717) is 0 Å². The Morgan fingerprint density at radius 1 is 1.00 bits per heavy atom. The van der Waals surface area contributed by atoms with Crippen LogP contribution in [0.5, 0.6) is 0 Å². The highest BCUT2D eigenvalue weighted by Crippen LogP contribution is 2.09. The second-order valence-electron chi connectivity index (χ2n) is 2.65. The summed E-state index contributed by atoms with van der Waals surface area (Å²) in [5.74, 6) is 0. The van der Waals surface area contributed by atoms with Gasteiger partial charge in [-0.25, -0.2) is 0 Å². The molecule has 1 saturated heterocycles. The van der Waals surface area contributed by atoms with Crippen molar-refractivity contribution in [3.05, 3.63) is 0 Å². The predicted octanol–water partition coefficient (Wildman–Crippen LogP) is 2.21. The van der Waals surface area contributed by atoms with Crippen LogP contribution in [0.4, 0.5) is 0 Å². The molecule has 0 aromatic heterocycles. The van der Waals surface area contributed by atoms with Gasteiger partial charge in [0.05, 0.1) is 5.45 Å². The number of hydrogen-bond donors (Lipinski definition) is 0. The number of hydrogen-bond acceptors (Lipinski definition) is 1. The average molecular weight is 192 g/mol. The van der Waals surface area contributed by atoms with Crippen LogP contribution in [0.1, 0.15) is 25.7 Å². The molecule has 1 nitrogen and oxygen atoms in total. The maximum atomic E-state index is 3.47. The maximum absolute atomic E-state index is 3.47. The third-order valence-electron chi connectivity index (χ3n) is 1.87. The normalized spacial score (nSPS) is 23.7. The minimum absolute atomic E-state index is 1.06. The first-order chi connectivity index (χ1) is 4.43. The van der Waals surface area contributed by atoms with Crippen LogP contribution in [-0.4, -0.2) is 23.4 Å². The fourth-order valence-corrected chi connectivity index (χ4v) is 1.76. The number of alkyl halides is 1. The zero-order valence-corrected chi connectivity index (χ0v) is 7.36. The molecule has 1 rings (SSSR count). The molecule has 0 aliphatic carbocycles. The summed E-state index contributed by atoms with van der Waals surface area (Å²) in [6, 6.07) is 0. The van der Waals surface area contributed by atoms with Gasteiger partial charge in [0.25, 0.3) is 0 Å². The molecule has 0 radical (unpaired) electrons. The molecule has 54 valence electrons. The largest absolute Gasteiger partial charge is 0.293 e. The Hall–Kier alpha value is 0.440. The smallest absolute Gasteiger partial charge is 0.0542 e. The second kappa shape index (κ2) is 4.29. The van der Waals surface area contributed by atoms with Crippen molar-refractivity contribution in [2.24, 2.45) is 0 Å². The summed E-state index contributed by atoms with van der Waals surface area (Å²) in [4.78, 5) is 2.47. The highest BCUT2D eigenvalue weighted by Gasteiger charge is 2.05. The molecule has 0 N–H and O–H groups in total. The molecule has 9 heavy (non-hydrogen) atoms. The summed E-state index contributed by atoms with van der Waals surface area (Å²) in [6.07, 6.45) is 5.66. The van der Waals surface area contributed by atoms with Crippen molar-refractivity contribution in [2.45, 2.75) is 25.7 Å². The minimum Gasteiger partial charge on any atom is -0.293 e. The molecule has 0 aromatic rings. The van der Waals surface area contributed by atoms with Crippen molar-refractivity contribution >= 4 is 15.9 Å². The Morgan fingerprint density at radius 2 is 1.56 bits per heavy atom. The molecule has 1 aliphatic rings. The van der Waals surface area contributed by atoms with Crippen LogP contribution in [0.2, 0.25) is 0 Å². The summed E-state index contributed by atoms with van der Waals surface area (Å²) >= 11 is 3.47. The number of likely N-dealkylation sites (tertiary alicyclic amines) is 1. The van der Waals surface area contributed by atoms with Gasteiger partial charge in [-0.1, -0.05) is 28.8 Å². The van der Waals surface area contributed by atoms with E-state index in [-0.39, 0.29) is 0 Å². The summed E-state index contributed by atoms with van der Waals surface area (Å²) in [5, 5.41) is 0. The number of rotatable bonds is 1. The quantitative estimate of drug-likeness (QED) is 0.454. The summed E-state index contributed by atoms with van der Waals surface area (Å²) in [5.41, 5.74) is 1.06. The topological polar surface area (TPSA) is 3.24 Å². The first kappa shape index (κ1) is 7.55. The molecular formula is C7H14BrN. The van der Waals surface area contributed by atoms with Crippen LogP contribution in [0.25, 0.3) is 0 Å². The molecule has 0 spiro atoms. The lowest BCUT2D eigenvalue weighted by Crippen LogP contribution is -2.22. The predicted molar refractivity (Wildman–Crippen MR) is 43.8 cm³/mol. The Labute approximate surface area is 65.6 Å². The van der Waals surface area contributed by atoms with E-state index in [1.165, 1.54) is 38.8 Å². The van der Waals surface area contributed by atoms with Gasteiger partial charge in [0, 0.05) is 0 Å². The zero-order valence-electron chi connectivity index (χ0n) is 5.77. The van der Waals surface area contributed by atoms with Gasteiger partial charge in [-0.05, 0) is 25.9 Å². The molecule has 0 bridgehead atoms. The van der Waals surface area contributed by atoms with Crippen molar-refractivity contribution < 1.29 is 0 Å². The lowest BCUT2D eigenvalue weighted by Gasteiger charge is -2.14. The molecule has 1 aliphatic heterocycles. The van der Waals surface area contributed by atoms with E-state index >= 15 is 0 Å². The zero-order chi connectivity index (χ0) is 6.53. The monoisotopic (exact) mass is 191 g/mol. The van der Waals surface area contributed by atoms with E-state index in [0.717, 1.165) is 5.45 Å². The molecule has 1 fully saturated rings. The Balaban J connectivity index is 2.18. The van der Waals surface area contributed by atoms with Gasteiger partial charge in [-0.2, -0.15) is 0 Å². The van der Waals surface area contributed by atoms with Gasteiger partial charge in [0.2, 0.25) is 0 Å².